The summed E-state index contributed by atoms with van der Waals surface area (Å²) in [5.41, 5.74) is 34.5. The van der Waals surface area contributed by atoms with E-state index in [-0.39, 0.29) is 28.4 Å². The number of benzene rings is 13. The van der Waals surface area contributed by atoms with Crippen molar-refractivity contribution in [3.63, 3.8) is 0 Å². The van der Waals surface area contributed by atoms with E-state index in [1.165, 1.54) is 105 Å². The van der Waals surface area contributed by atoms with Crippen molar-refractivity contribution in [3.8, 4) is 112 Å². The lowest BCUT2D eigenvalue weighted by Gasteiger charge is -2.34. The average Bonchev–Trinajstić information content (AvgIpc) is 1.54. The van der Waals surface area contributed by atoms with Gasteiger partial charge in [-0.2, -0.15) is 0 Å². The molecule has 0 atom stereocenters. The van der Waals surface area contributed by atoms with Crippen LogP contribution in [-0.4, -0.2) is 25.8 Å². The van der Waals surface area contributed by atoms with Crippen molar-refractivity contribution in [2.24, 2.45) is 0 Å². The Kier molecular flexibility index (Phi) is 14.6. The molecule has 5 heterocycles. The smallest absolute Gasteiger partial charge is 0.252 e. The molecule has 16 aromatic rings. The van der Waals surface area contributed by atoms with Gasteiger partial charge < -0.3 is 9.13 Å². The minimum absolute atomic E-state index is 0.00842. The number of aromatic nitrogens is 4. The maximum atomic E-state index is 5.96. The Morgan fingerprint density at radius 2 is 0.544 bits per heavy atom. The van der Waals surface area contributed by atoms with Gasteiger partial charge in [-0.15, -0.1) is 0 Å². The fourth-order valence-electron chi connectivity index (χ4n) is 16.4. The van der Waals surface area contributed by atoms with Gasteiger partial charge in [0.1, 0.15) is 0 Å². The van der Waals surface area contributed by atoms with Crippen molar-refractivity contribution in [1.29, 1.82) is 0 Å². The Hall–Kier alpha value is -11.4. The van der Waals surface area contributed by atoms with Gasteiger partial charge in [-0.05, 0) is 218 Å². The van der Waals surface area contributed by atoms with Gasteiger partial charge in [-0.1, -0.05) is 277 Å². The summed E-state index contributed by atoms with van der Waals surface area (Å²) in [6.45, 7) is 27.7. The van der Waals surface area contributed by atoms with Crippen molar-refractivity contribution >= 4 is 66.7 Å². The molecule has 4 nitrogen and oxygen atoms in total. The summed E-state index contributed by atoms with van der Waals surface area (Å²) in [6.07, 6.45) is 0. The average molecular weight is 1330 g/mol. The Morgan fingerprint density at radius 3 is 0.874 bits per heavy atom. The summed E-state index contributed by atoms with van der Waals surface area (Å²) < 4.78 is 5.27. The van der Waals surface area contributed by atoms with Crippen LogP contribution in [0.4, 0.5) is 0 Å². The molecule has 18 rings (SSSR count). The molecule has 0 amide bonds. The summed E-state index contributed by atoms with van der Waals surface area (Å²) in [4.78, 5) is 11.9. The number of rotatable bonds is 9. The first-order valence-electron chi connectivity index (χ1n) is 36.6. The fraction of sp³-hybridized carbons (Fsp3) is 0.163. The maximum Gasteiger partial charge on any atom is 0.252 e. The van der Waals surface area contributed by atoms with Gasteiger partial charge in [0.25, 0.3) is 6.71 Å². The molecule has 3 aromatic heterocycles. The Morgan fingerprint density at radius 1 is 0.243 bits per heavy atom. The molecule has 0 saturated carbocycles. The van der Waals surface area contributed by atoms with Gasteiger partial charge in [0.05, 0.1) is 22.4 Å². The molecule has 498 valence electrons. The summed E-state index contributed by atoms with van der Waals surface area (Å²) in [6, 6.07) is 108. The lowest BCUT2D eigenvalue weighted by molar-refractivity contribution is 0.590. The molecule has 0 radical (unpaired) electrons. The topological polar surface area (TPSA) is 35.6 Å². The Bertz CT molecular complexity index is 5610. The van der Waals surface area contributed by atoms with Crippen LogP contribution in [0.5, 0.6) is 0 Å². The second-order valence-electron chi connectivity index (χ2n) is 33.1. The largest absolute Gasteiger partial charge is 0.310 e. The van der Waals surface area contributed by atoms with Crippen LogP contribution in [0, 0.1) is 0 Å². The normalized spacial score (nSPS) is 12.8. The molecule has 0 aliphatic carbocycles. The van der Waals surface area contributed by atoms with Crippen LogP contribution in [0.3, 0.4) is 0 Å². The number of fused-ring (bicyclic) bond motifs is 10. The predicted octanol–water partition coefficient (Wildman–Crippen LogP) is 24.0. The summed E-state index contributed by atoms with van der Waals surface area (Å²) in [5.74, 6) is 0.644. The predicted molar refractivity (Wildman–Crippen MR) is 439 cm³/mol. The standard InChI is InChI=1S/C98H83BN4/c1-95(2,3)75-37-33-64(34-38-75)70-51-81-79-57-77(97(7,8)9)41-43-87(79)102-89-55-74(56-90-91(89)99(83(53-70)92(81)102)84-54-71(65-35-39-76(40-36-65)96(4,5)6)52-82-80-58-78(98(10,11)12)42-44-88(80)103(90)93(82)84)94-100-85(72-47-66(60-25-17-13-18-26-60)45-67(48-72)61-27-19-14-20-28-61)59-86(101-94)73-49-68(62-29-21-15-22-30-62)46-69(50-73)63-31-23-16-24-32-63/h13-59H,1-12H3. The minimum atomic E-state index is -0.179. The van der Waals surface area contributed by atoms with Gasteiger partial charge in [0.15, 0.2) is 5.82 Å². The molecule has 0 unspecified atom stereocenters. The van der Waals surface area contributed by atoms with Gasteiger partial charge in [-0.3, -0.25) is 0 Å². The molecule has 13 aromatic carbocycles. The molecule has 0 saturated heterocycles. The molecule has 0 fully saturated rings. The highest BCUT2D eigenvalue weighted by atomic mass is 15.0. The van der Waals surface area contributed by atoms with E-state index in [0.717, 1.165) is 84.0 Å². The SMILES string of the molecule is CC(C)(C)c1ccc(-c2cc3c4c(c2)c2cc(C(C)(C)C)ccc2n4-c2cc(-c4nc(-c5cc(-c6ccccc6)cc(-c6ccccc6)c5)cc(-c5cc(-c6ccccc6)cc(-c6ccccc6)c5)n4)cc4c2B3c2cc(-c3ccc(C(C)(C)C)cc3)cc3c5cc(C(C)(C)C)ccc5n-4c23)cc1. The van der Waals surface area contributed by atoms with Crippen LogP contribution < -0.4 is 16.4 Å². The van der Waals surface area contributed by atoms with E-state index in [0.29, 0.717) is 5.82 Å². The Balaban J connectivity index is 0.979. The Labute approximate surface area is 606 Å². The van der Waals surface area contributed by atoms with Crippen molar-refractivity contribution in [2.75, 3.05) is 0 Å². The molecule has 5 heteroatoms. The van der Waals surface area contributed by atoms with E-state index in [2.05, 4.69) is 377 Å². The highest BCUT2D eigenvalue weighted by molar-refractivity contribution is 7.00. The third kappa shape index (κ3) is 11.0. The molecule has 0 N–H and O–H groups in total. The lowest BCUT2D eigenvalue weighted by Crippen LogP contribution is -2.59. The zero-order chi connectivity index (χ0) is 70.6. The van der Waals surface area contributed by atoms with E-state index in [9.17, 15) is 0 Å². The van der Waals surface area contributed by atoms with E-state index in [4.69, 9.17) is 9.97 Å². The van der Waals surface area contributed by atoms with Crippen molar-refractivity contribution in [1.82, 2.24) is 19.1 Å². The molecule has 2 aliphatic heterocycles. The first kappa shape index (κ1) is 63.8. The van der Waals surface area contributed by atoms with Gasteiger partial charge >= 0.3 is 0 Å². The van der Waals surface area contributed by atoms with Crippen LogP contribution in [-0.2, 0) is 21.7 Å². The van der Waals surface area contributed by atoms with Crippen molar-refractivity contribution in [2.45, 2.75) is 105 Å². The molecular formula is C98H83BN4. The van der Waals surface area contributed by atoms with Crippen LogP contribution in [0.15, 0.2) is 285 Å². The van der Waals surface area contributed by atoms with Crippen LogP contribution in [0.25, 0.3) is 156 Å². The van der Waals surface area contributed by atoms with Crippen LogP contribution in [0.2, 0.25) is 0 Å². The minimum Gasteiger partial charge on any atom is -0.310 e. The third-order valence-corrected chi connectivity index (χ3v) is 22.1. The number of nitrogens with zero attached hydrogens (tertiary/aromatic N) is 4. The maximum absolute atomic E-state index is 5.96. The highest BCUT2D eigenvalue weighted by Gasteiger charge is 2.43. The summed E-state index contributed by atoms with van der Waals surface area (Å²) in [7, 11) is 0. The molecular weight excluding hydrogens is 1240 g/mol. The second-order valence-corrected chi connectivity index (χ2v) is 33.1. The highest BCUT2D eigenvalue weighted by Crippen LogP contribution is 2.46. The molecule has 0 bridgehead atoms. The first-order valence-corrected chi connectivity index (χ1v) is 36.6. The molecule has 0 spiro atoms. The van der Waals surface area contributed by atoms with E-state index < -0.39 is 0 Å². The van der Waals surface area contributed by atoms with Gasteiger partial charge in [0.2, 0.25) is 0 Å². The van der Waals surface area contributed by atoms with Crippen molar-refractivity contribution < 1.29 is 0 Å². The second kappa shape index (κ2) is 23.6. The molecule has 2 aliphatic rings. The zero-order valence-corrected chi connectivity index (χ0v) is 61.0. The molecule has 103 heavy (non-hydrogen) atoms. The fourth-order valence-corrected chi connectivity index (χ4v) is 16.4. The third-order valence-electron chi connectivity index (χ3n) is 22.1. The number of hydrogen-bond acceptors (Lipinski definition) is 2. The van der Waals surface area contributed by atoms with Crippen LogP contribution >= 0.6 is 0 Å². The quantitative estimate of drug-likeness (QED) is 0.135. The van der Waals surface area contributed by atoms with E-state index >= 15 is 0 Å². The van der Waals surface area contributed by atoms with Crippen LogP contribution in [0.1, 0.15) is 105 Å². The lowest BCUT2D eigenvalue weighted by atomic mass is 9.34. The van der Waals surface area contributed by atoms with Gasteiger partial charge in [-0.25, -0.2) is 9.97 Å². The number of hydrogen-bond donors (Lipinski definition) is 0. The first-order chi connectivity index (χ1) is 49.5. The summed E-state index contributed by atoms with van der Waals surface area (Å²) in [5, 5.41) is 4.98. The van der Waals surface area contributed by atoms with E-state index in [1.807, 2.05) is 0 Å². The monoisotopic (exact) mass is 1330 g/mol. The van der Waals surface area contributed by atoms with Gasteiger partial charge in [0, 0.05) is 60.6 Å². The van der Waals surface area contributed by atoms with E-state index in [1.54, 1.807) is 0 Å². The summed E-state index contributed by atoms with van der Waals surface area (Å²) >= 11 is 0. The zero-order valence-electron chi connectivity index (χ0n) is 61.0. The van der Waals surface area contributed by atoms with Crippen molar-refractivity contribution in [3.05, 3.63) is 307 Å².